The van der Waals surface area contributed by atoms with E-state index in [0.29, 0.717) is 17.3 Å². The lowest BCUT2D eigenvalue weighted by Gasteiger charge is -2.30. The van der Waals surface area contributed by atoms with Gasteiger partial charge in [-0.05, 0) is 51.7 Å². The van der Waals surface area contributed by atoms with Gasteiger partial charge in [0.1, 0.15) is 6.07 Å². The van der Waals surface area contributed by atoms with E-state index in [-0.39, 0.29) is 17.6 Å². The molecule has 3 heterocycles. The van der Waals surface area contributed by atoms with E-state index in [4.69, 9.17) is 5.26 Å². The SMILES string of the molecule is Cc1cc(C)n(-c2ccc(=O)n(C3CCC(Nc4nccnc4C#N)CC3)n2)n1. The maximum Gasteiger partial charge on any atom is 0.267 e. The quantitative estimate of drug-likeness (QED) is 0.727. The molecule has 4 rings (SSSR count). The summed E-state index contributed by atoms with van der Waals surface area (Å²) in [7, 11) is 0. The lowest BCUT2D eigenvalue weighted by atomic mass is 9.91. The summed E-state index contributed by atoms with van der Waals surface area (Å²) in [4.78, 5) is 20.7. The number of hydrogen-bond donors (Lipinski definition) is 1. The number of hydrogen-bond acceptors (Lipinski definition) is 7. The van der Waals surface area contributed by atoms with Crippen molar-refractivity contribution >= 4 is 5.82 Å². The number of nitriles is 1. The molecule has 1 N–H and O–H groups in total. The second kappa shape index (κ2) is 7.83. The molecule has 1 aliphatic rings. The van der Waals surface area contributed by atoms with Gasteiger partial charge in [-0.1, -0.05) is 0 Å². The third kappa shape index (κ3) is 3.87. The van der Waals surface area contributed by atoms with Crippen LogP contribution in [-0.4, -0.2) is 35.6 Å². The van der Waals surface area contributed by atoms with E-state index >= 15 is 0 Å². The highest BCUT2D eigenvalue weighted by molar-refractivity contribution is 5.47. The topological polar surface area (TPSA) is 114 Å². The van der Waals surface area contributed by atoms with Gasteiger partial charge in [0.15, 0.2) is 17.3 Å². The van der Waals surface area contributed by atoms with Gasteiger partial charge in [0.25, 0.3) is 5.56 Å². The molecule has 0 aromatic carbocycles. The molecular weight excluding hydrogens is 368 g/mol. The van der Waals surface area contributed by atoms with Crippen LogP contribution in [0.3, 0.4) is 0 Å². The molecule has 0 bridgehead atoms. The monoisotopic (exact) mass is 390 g/mol. The minimum atomic E-state index is -0.104. The minimum Gasteiger partial charge on any atom is -0.365 e. The van der Waals surface area contributed by atoms with E-state index in [1.807, 2.05) is 19.9 Å². The Hall–Kier alpha value is -3.54. The van der Waals surface area contributed by atoms with Gasteiger partial charge < -0.3 is 5.32 Å². The molecule has 0 atom stereocenters. The second-order valence-electron chi connectivity index (χ2n) is 7.33. The van der Waals surface area contributed by atoms with E-state index in [1.165, 1.54) is 6.20 Å². The van der Waals surface area contributed by atoms with Crippen LogP contribution >= 0.6 is 0 Å². The Balaban J connectivity index is 1.49. The van der Waals surface area contributed by atoms with Crippen LogP contribution in [0.25, 0.3) is 5.82 Å². The molecule has 3 aromatic heterocycles. The van der Waals surface area contributed by atoms with E-state index in [2.05, 4.69) is 31.6 Å². The number of rotatable bonds is 4. The molecule has 0 aliphatic heterocycles. The van der Waals surface area contributed by atoms with Gasteiger partial charge in [0.2, 0.25) is 0 Å². The summed E-state index contributed by atoms with van der Waals surface area (Å²) in [5.41, 5.74) is 2.08. The lowest BCUT2D eigenvalue weighted by molar-refractivity contribution is 0.302. The highest BCUT2D eigenvalue weighted by Crippen LogP contribution is 2.29. The first-order valence-electron chi connectivity index (χ1n) is 9.66. The smallest absolute Gasteiger partial charge is 0.267 e. The first-order chi connectivity index (χ1) is 14.0. The standard InChI is InChI=1S/C20H22N8O/c1-13-11-14(2)27(25-13)18-7-8-19(29)28(26-18)16-5-3-15(4-6-16)24-20-17(12-21)22-9-10-23-20/h7-11,15-16H,3-6H2,1-2H3,(H,23,24). The van der Waals surface area contributed by atoms with Gasteiger partial charge in [0, 0.05) is 30.2 Å². The largest absolute Gasteiger partial charge is 0.365 e. The second-order valence-corrected chi connectivity index (χ2v) is 7.33. The Morgan fingerprint density at radius 2 is 1.86 bits per heavy atom. The summed E-state index contributed by atoms with van der Waals surface area (Å²) < 4.78 is 3.35. The molecular formula is C20H22N8O. The van der Waals surface area contributed by atoms with Crippen molar-refractivity contribution in [3.05, 3.63) is 58.0 Å². The van der Waals surface area contributed by atoms with Gasteiger partial charge in [0.05, 0.1) is 11.7 Å². The number of nitrogens with one attached hydrogen (secondary N) is 1. The molecule has 0 radical (unpaired) electrons. The Labute approximate surface area is 168 Å². The maximum atomic E-state index is 12.4. The van der Waals surface area contributed by atoms with Crippen molar-refractivity contribution in [1.29, 1.82) is 5.26 Å². The van der Waals surface area contributed by atoms with E-state index in [1.54, 1.807) is 27.7 Å². The highest BCUT2D eigenvalue weighted by atomic mass is 16.1. The summed E-state index contributed by atoms with van der Waals surface area (Å²) in [6.07, 6.45) is 6.41. The van der Waals surface area contributed by atoms with E-state index in [0.717, 1.165) is 37.1 Å². The van der Waals surface area contributed by atoms with E-state index in [9.17, 15) is 4.79 Å². The summed E-state index contributed by atoms with van der Waals surface area (Å²) in [5.74, 6) is 1.16. The Kier molecular flexibility index (Phi) is 5.08. The Bertz CT molecular complexity index is 1120. The van der Waals surface area contributed by atoms with Crippen molar-refractivity contribution in [1.82, 2.24) is 29.5 Å². The summed E-state index contributed by atoms with van der Waals surface area (Å²) in [5, 5.41) is 21.5. The van der Waals surface area contributed by atoms with Crippen LogP contribution in [0.15, 0.2) is 35.4 Å². The molecule has 9 nitrogen and oxygen atoms in total. The highest BCUT2D eigenvalue weighted by Gasteiger charge is 2.25. The molecule has 1 aliphatic carbocycles. The average molecular weight is 390 g/mol. The molecule has 1 fully saturated rings. The zero-order valence-electron chi connectivity index (χ0n) is 16.4. The molecule has 0 spiro atoms. The van der Waals surface area contributed by atoms with Crippen molar-refractivity contribution in [2.75, 3.05) is 5.32 Å². The molecule has 3 aromatic rings. The first kappa shape index (κ1) is 18.8. The van der Waals surface area contributed by atoms with Gasteiger partial charge >= 0.3 is 0 Å². The van der Waals surface area contributed by atoms with Crippen LogP contribution in [0, 0.1) is 25.2 Å². The van der Waals surface area contributed by atoms with Crippen molar-refractivity contribution in [2.24, 2.45) is 0 Å². The van der Waals surface area contributed by atoms with Crippen molar-refractivity contribution in [3.63, 3.8) is 0 Å². The van der Waals surface area contributed by atoms with Crippen LogP contribution in [0.4, 0.5) is 5.82 Å². The van der Waals surface area contributed by atoms with Crippen LogP contribution in [-0.2, 0) is 0 Å². The Morgan fingerprint density at radius 3 is 2.55 bits per heavy atom. The number of nitrogens with zero attached hydrogens (tertiary/aromatic N) is 7. The predicted octanol–water partition coefficient (Wildman–Crippen LogP) is 2.30. The van der Waals surface area contributed by atoms with Crippen molar-refractivity contribution < 1.29 is 0 Å². The molecule has 0 unspecified atom stereocenters. The van der Waals surface area contributed by atoms with Gasteiger partial charge in [-0.15, -0.1) is 5.10 Å². The zero-order chi connectivity index (χ0) is 20.4. The van der Waals surface area contributed by atoms with Crippen molar-refractivity contribution in [2.45, 2.75) is 51.6 Å². The predicted molar refractivity (Wildman–Crippen MR) is 107 cm³/mol. The van der Waals surface area contributed by atoms with E-state index < -0.39 is 0 Å². The number of anilines is 1. The summed E-state index contributed by atoms with van der Waals surface area (Å²) >= 11 is 0. The fourth-order valence-corrected chi connectivity index (χ4v) is 3.83. The zero-order valence-corrected chi connectivity index (χ0v) is 16.4. The molecule has 0 amide bonds. The minimum absolute atomic E-state index is 0.0368. The fraction of sp³-hybridized carbons (Fsp3) is 0.400. The molecule has 148 valence electrons. The number of aromatic nitrogens is 6. The van der Waals surface area contributed by atoms with Crippen molar-refractivity contribution in [3.8, 4) is 11.9 Å². The van der Waals surface area contributed by atoms with Crippen LogP contribution in [0.1, 0.15) is 48.8 Å². The van der Waals surface area contributed by atoms with Crippen LogP contribution in [0.2, 0.25) is 0 Å². The first-order valence-corrected chi connectivity index (χ1v) is 9.66. The van der Waals surface area contributed by atoms with Gasteiger partial charge in [-0.2, -0.15) is 10.4 Å². The fourth-order valence-electron chi connectivity index (χ4n) is 3.83. The third-order valence-electron chi connectivity index (χ3n) is 5.23. The van der Waals surface area contributed by atoms with Gasteiger partial charge in [-0.25, -0.2) is 19.3 Å². The molecule has 0 saturated heterocycles. The maximum absolute atomic E-state index is 12.4. The van der Waals surface area contributed by atoms with Crippen LogP contribution in [0.5, 0.6) is 0 Å². The summed E-state index contributed by atoms with van der Waals surface area (Å²) in [6.45, 7) is 3.90. The Morgan fingerprint density at radius 1 is 1.10 bits per heavy atom. The molecule has 29 heavy (non-hydrogen) atoms. The average Bonchev–Trinajstić information content (AvgIpc) is 3.07. The molecule has 9 heteroatoms. The van der Waals surface area contributed by atoms with Gasteiger partial charge in [-0.3, -0.25) is 4.79 Å². The van der Waals surface area contributed by atoms with Crippen LogP contribution < -0.4 is 10.9 Å². The number of aryl methyl sites for hydroxylation is 2. The molecule has 1 saturated carbocycles. The summed E-state index contributed by atoms with van der Waals surface area (Å²) in [6, 6.07) is 7.53. The normalized spacial score (nSPS) is 18.9. The third-order valence-corrected chi connectivity index (χ3v) is 5.23. The lowest BCUT2D eigenvalue weighted by Crippen LogP contribution is -2.34.